The number of hydrogen-bond acceptors (Lipinski definition) is 0. The Morgan fingerprint density at radius 2 is 2.12 bits per heavy atom. The maximum absolute atomic E-state index is 2.24. The van der Waals surface area contributed by atoms with Crippen LogP contribution in [0.4, 0.5) is 0 Å². The van der Waals surface area contributed by atoms with Gasteiger partial charge < -0.3 is 0 Å². The third kappa shape index (κ3) is 5.91. The maximum Gasteiger partial charge on any atom is 0.0271 e. The predicted octanol–water partition coefficient (Wildman–Crippen LogP) is -0.475. The van der Waals surface area contributed by atoms with Crippen LogP contribution in [0.1, 0.15) is 13.3 Å². The monoisotopic (exact) mass is 142 g/mol. The van der Waals surface area contributed by atoms with Crippen molar-refractivity contribution < 1.29 is 0 Å². The minimum Gasteiger partial charge on any atom is -0.111 e. The fourth-order valence-corrected chi connectivity index (χ4v) is 0.781. The van der Waals surface area contributed by atoms with Gasteiger partial charge in [0.05, 0.1) is 0 Å². The van der Waals surface area contributed by atoms with E-state index in [9.17, 15) is 0 Å². The largest absolute Gasteiger partial charge is 0.111 e. The Morgan fingerprint density at radius 3 is 2.50 bits per heavy atom. The fraction of sp³-hybridized carbons (Fsp3) is 0.333. The summed E-state index contributed by atoms with van der Waals surface area (Å²) in [5.74, 6) is 0. The molecule has 0 heterocycles. The van der Waals surface area contributed by atoms with E-state index in [1.54, 1.807) is 4.82 Å². The molecule has 0 saturated carbocycles. The van der Waals surface area contributed by atoms with E-state index in [0.717, 1.165) is 6.42 Å². The second-order valence-corrected chi connectivity index (χ2v) is 7.24. The normalized spacial score (nSPS) is 10.6. The van der Waals surface area contributed by atoms with E-state index in [2.05, 4.69) is 25.2 Å². The zero-order chi connectivity index (χ0) is 6.41. The van der Waals surface area contributed by atoms with E-state index >= 15 is 0 Å². The van der Waals surface area contributed by atoms with Gasteiger partial charge in [0, 0.05) is 20.5 Å². The minimum absolute atomic E-state index is 1.16. The number of hydrogen-bond donors (Lipinski definition) is 0. The van der Waals surface area contributed by atoms with Crippen molar-refractivity contribution in [1.29, 1.82) is 0 Å². The summed E-state index contributed by atoms with van der Waals surface area (Å²) >= 11 is 0. The summed E-state index contributed by atoms with van der Waals surface area (Å²) in [6.07, 6.45) is 7.75. The van der Waals surface area contributed by atoms with Gasteiger partial charge in [-0.05, 0) is 6.42 Å². The van der Waals surface area contributed by atoms with Gasteiger partial charge in [0.15, 0.2) is 0 Å². The van der Waals surface area contributed by atoms with Crippen LogP contribution in [0.15, 0.2) is 23.0 Å². The Morgan fingerprint density at radius 1 is 1.50 bits per heavy atom. The molecule has 2 heteroatoms. The summed E-state index contributed by atoms with van der Waals surface area (Å²) in [4.78, 5) is 1.63. The van der Waals surface area contributed by atoms with Crippen molar-refractivity contribution in [3.63, 3.8) is 0 Å². The van der Waals surface area contributed by atoms with Crippen molar-refractivity contribution in [2.24, 2.45) is 0 Å². The molecule has 0 aromatic carbocycles. The molecule has 46 valence electrons. The molecular weight excluding hydrogens is 128 g/mol. The van der Waals surface area contributed by atoms with Crippen LogP contribution in [0.3, 0.4) is 0 Å². The van der Waals surface area contributed by atoms with E-state index in [4.69, 9.17) is 0 Å². The molecular formula is C6H14Si2. The van der Waals surface area contributed by atoms with Gasteiger partial charge in [-0.3, -0.25) is 0 Å². The minimum atomic E-state index is 1.16. The summed E-state index contributed by atoms with van der Waals surface area (Å²) in [7, 11) is 2.51. The van der Waals surface area contributed by atoms with Gasteiger partial charge in [0.25, 0.3) is 0 Å². The van der Waals surface area contributed by atoms with Crippen LogP contribution in [0.2, 0.25) is 0 Å². The topological polar surface area (TPSA) is 0 Å². The summed E-state index contributed by atoms with van der Waals surface area (Å²) in [6, 6.07) is 0. The van der Waals surface area contributed by atoms with Gasteiger partial charge in [-0.15, -0.1) is 4.82 Å². The van der Waals surface area contributed by atoms with Crippen LogP contribution in [0.5, 0.6) is 0 Å². The Bertz CT molecular complexity index is 99.1. The van der Waals surface area contributed by atoms with E-state index < -0.39 is 0 Å². The highest BCUT2D eigenvalue weighted by atomic mass is 28.2. The molecule has 0 bridgehead atoms. The summed E-state index contributed by atoms with van der Waals surface area (Å²) in [5, 5.41) is 0. The molecule has 0 aromatic rings. The first-order valence-electron chi connectivity index (χ1n) is 3.07. The molecule has 0 amide bonds. The number of allylic oxidation sites excluding steroid dienone is 3. The van der Waals surface area contributed by atoms with Crippen molar-refractivity contribution in [3.05, 3.63) is 23.0 Å². The molecule has 8 heavy (non-hydrogen) atoms. The van der Waals surface area contributed by atoms with Crippen LogP contribution in [0.25, 0.3) is 0 Å². The van der Waals surface area contributed by atoms with E-state index in [1.165, 1.54) is 20.5 Å². The summed E-state index contributed by atoms with van der Waals surface area (Å²) in [5.41, 5.74) is 0. The lowest BCUT2D eigenvalue weighted by molar-refractivity contribution is 1.22. The first kappa shape index (κ1) is 7.91. The first-order valence-corrected chi connectivity index (χ1v) is 5.07. The summed E-state index contributed by atoms with van der Waals surface area (Å²) in [6.45, 7) is 2.16. The van der Waals surface area contributed by atoms with Crippen LogP contribution >= 0.6 is 0 Å². The molecule has 0 rings (SSSR count). The Labute approximate surface area is 57.5 Å². The average Bonchev–Trinajstić information content (AvgIpc) is 1.66. The maximum atomic E-state index is 2.24. The van der Waals surface area contributed by atoms with Gasteiger partial charge in [0.2, 0.25) is 0 Å². The van der Waals surface area contributed by atoms with E-state index in [-0.39, 0.29) is 0 Å². The predicted molar refractivity (Wildman–Crippen MR) is 47.4 cm³/mol. The molecule has 0 spiro atoms. The first-order chi connectivity index (χ1) is 3.77. The molecule has 0 aliphatic heterocycles. The van der Waals surface area contributed by atoms with Gasteiger partial charge in [-0.2, -0.15) is 0 Å². The second kappa shape index (κ2) is 5.06. The SMILES string of the molecule is CC/C=C/C=C([SiH3])[SiH3]. The second-order valence-electron chi connectivity index (χ2n) is 2.08. The smallest absolute Gasteiger partial charge is 0.0271 e. The molecule has 0 atom stereocenters. The molecule has 0 N–H and O–H groups in total. The fourth-order valence-electron chi connectivity index (χ4n) is 0.397. The highest BCUT2D eigenvalue weighted by Gasteiger charge is 1.68. The highest BCUT2D eigenvalue weighted by Crippen LogP contribution is 1.83. The van der Waals surface area contributed by atoms with E-state index in [1.807, 2.05) is 0 Å². The van der Waals surface area contributed by atoms with Crippen LogP contribution in [-0.2, 0) is 0 Å². The molecule has 0 unspecified atom stereocenters. The van der Waals surface area contributed by atoms with Crippen LogP contribution in [0, 0.1) is 0 Å². The lowest BCUT2D eigenvalue weighted by atomic mass is 10.4. The van der Waals surface area contributed by atoms with Gasteiger partial charge >= 0.3 is 0 Å². The van der Waals surface area contributed by atoms with E-state index in [0.29, 0.717) is 0 Å². The van der Waals surface area contributed by atoms with Crippen molar-refractivity contribution in [2.45, 2.75) is 13.3 Å². The van der Waals surface area contributed by atoms with Gasteiger partial charge in [0.1, 0.15) is 0 Å². The molecule has 0 nitrogen and oxygen atoms in total. The lowest BCUT2D eigenvalue weighted by Gasteiger charge is -1.79. The van der Waals surface area contributed by atoms with Gasteiger partial charge in [-0.25, -0.2) is 0 Å². The molecule has 0 aliphatic rings. The zero-order valence-electron chi connectivity index (χ0n) is 5.94. The highest BCUT2D eigenvalue weighted by molar-refractivity contribution is 6.48. The molecule has 0 fully saturated rings. The number of rotatable bonds is 2. The van der Waals surface area contributed by atoms with Crippen LogP contribution < -0.4 is 0 Å². The van der Waals surface area contributed by atoms with Crippen molar-refractivity contribution in [3.8, 4) is 0 Å². The molecule has 0 aromatic heterocycles. The Kier molecular flexibility index (Phi) is 5.00. The molecule has 0 radical (unpaired) electrons. The van der Waals surface area contributed by atoms with Gasteiger partial charge in [-0.1, -0.05) is 25.2 Å². The van der Waals surface area contributed by atoms with Crippen molar-refractivity contribution >= 4 is 20.5 Å². The molecule has 0 aliphatic carbocycles. The van der Waals surface area contributed by atoms with Crippen molar-refractivity contribution in [1.82, 2.24) is 0 Å². The summed E-state index contributed by atoms with van der Waals surface area (Å²) < 4.78 is 0. The Hall–Kier alpha value is -0.0862. The van der Waals surface area contributed by atoms with Crippen molar-refractivity contribution in [2.75, 3.05) is 0 Å². The lowest BCUT2D eigenvalue weighted by Crippen LogP contribution is -1.73. The quantitative estimate of drug-likeness (QED) is 0.361. The third-order valence-electron chi connectivity index (χ3n) is 0.801. The molecule has 0 saturated heterocycles. The standard InChI is InChI=1S/C6H14Si2/c1-2-3-4-5-6(7)8/h3-5H,2H2,1,7-8H3/b4-3+. The Balaban J connectivity index is 3.42. The zero-order valence-corrected chi connectivity index (χ0v) is 9.94. The average molecular weight is 142 g/mol. The third-order valence-corrected chi connectivity index (χ3v) is 1.47. The van der Waals surface area contributed by atoms with Crippen LogP contribution in [-0.4, -0.2) is 20.5 Å².